The maximum absolute atomic E-state index is 6.15. The minimum atomic E-state index is 0.0220. The number of nitrogens with zero attached hydrogens (tertiary/aromatic N) is 1. The van der Waals surface area contributed by atoms with E-state index in [1.165, 1.54) is 22.1 Å². The highest BCUT2D eigenvalue weighted by Crippen LogP contribution is 2.30. The zero-order chi connectivity index (χ0) is 14.4. The highest BCUT2D eigenvalue weighted by molar-refractivity contribution is 5.84. The van der Waals surface area contributed by atoms with Gasteiger partial charge in [-0.05, 0) is 55.7 Å². The van der Waals surface area contributed by atoms with E-state index in [1.54, 1.807) is 0 Å². The minimum Gasteiger partial charge on any atom is -0.324 e. The molecule has 0 aliphatic rings. The molecule has 0 bridgehead atoms. The van der Waals surface area contributed by atoms with E-state index in [9.17, 15) is 0 Å². The van der Waals surface area contributed by atoms with Gasteiger partial charge in [0.2, 0.25) is 0 Å². The first-order valence-electron chi connectivity index (χ1n) is 6.88. The van der Waals surface area contributed by atoms with Crippen LogP contribution in [0.25, 0.3) is 10.9 Å². The molecular weight excluding hydrogens is 232 g/mol. The highest BCUT2D eigenvalue weighted by Gasteiger charge is 2.19. The van der Waals surface area contributed by atoms with Crippen LogP contribution in [0, 0.1) is 13.8 Å². The van der Waals surface area contributed by atoms with Crippen molar-refractivity contribution in [3.63, 3.8) is 0 Å². The second-order valence-corrected chi connectivity index (χ2v) is 6.59. The molecule has 0 spiro atoms. The highest BCUT2D eigenvalue weighted by atomic mass is 14.7. The number of fused-ring (bicyclic) bond motifs is 1. The molecule has 2 N–H and O–H groups in total. The molecule has 2 aromatic rings. The third kappa shape index (κ3) is 2.64. The lowest BCUT2D eigenvalue weighted by molar-refractivity contribution is 0.569. The normalized spacial score (nSPS) is 13.8. The van der Waals surface area contributed by atoms with Crippen molar-refractivity contribution in [2.45, 2.75) is 53.0 Å². The van der Waals surface area contributed by atoms with Gasteiger partial charge in [-0.15, -0.1) is 0 Å². The summed E-state index contributed by atoms with van der Waals surface area (Å²) in [7, 11) is 0. The number of rotatable bonds is 1. The third-order valence-electron chi connectivity index (χ3n) is 3.72. The molecule has 0 saturated carbocycles. The van der Waals surface area contributed by atoms with E-state index in [2.05, 4.69) is 52.8 Å². The summed E-state index contributed by atoms with van der Waals surface area (Å²) in [4.78, 5) is 4.84. The average Bonchev–Trinajstić information content (AvgIpc) is 2.27. The van der Waals surface area contributed by atoms with Crippen molar-refractivity contribution in [1.29, 1.82) is 0 Å². The van der Waals surface area contributed by atoms with Crippen molar-refractivity contribution < 1.29 is 0 Å². The van der Waals surface area contributed by atoms with Gasteiger partial charge in [0.05, 0.1) is 5.52 Å². The zero-order valence-corrected chi connectivity index (χ0v) is 12.8. The lowest BCUT2D eigenvalue weighted by Crippen LogP contribution is -2.16. The van der Waals surface area contributed by atoms with Gasteiger partial charge < -0.3 is 5.73 Å². The summed E-state index contributed by atoms with van der Waals surface area (Å²) in [5, 5.41) is 1.19. The lowest BCUT2D eigenvalue weighted by atomic mass is 9.88. The Morgan fingerprint density at radius 3 is 2.16 bits per heavy atom. The predicted molar refractivity (Wildman–Crippen MR) is 82.5 cm³/mol. The number of benzene rings is 1. The summed E-state index contributed by atoms with van der Waals surface area (Å²) in [6, 6.07) is 6.57. The number of hydrogen-bond donors (Lipinski definition) is 1. The molecule has 1 unspecified atom stereocenters. The molecule has 2 rings (SSSR count). The largest absolute Gasteiger partial charge is 0.324 e. The third-order valence-corrected chi connectivity index (χ3v) is 3.72. The van der Waals surface area contributed by atoms with Crippen molar-refractivity contribution in [1.82, 2.24) is 4.98 Å². The van der Waals surface area contributed by atoms with E-state index in [0.717, 1.165) is 11.2 Å². The lowest BCUT2D eigenvalue weighted by Gasteiger charge is -2.21. The maximum Gasteiger partial charge on any atom is 0.0711 e. The van der Waals surface area contributed by atoms with Crippen LogP contribution < -0.4 is 5.73 Å². The average molecular weight is 256 g/mol. The van der Waals surface area contributed by atoms with E-state index in [0.29, 0.717) is 0 Å². The molecule has 2 heteroatoms. The van der Waals surface area contributed by atoms with Crippen LogP contribution in [0.4, 0.5) is 0 Å². The van der Waals surface area contributed by atoms with Gasteiger partial charge in [-0.1, -0.05) is 20.8 Å². The summed E-state index contributed by atoms with van der Waals surface area (Å²) in [6.07, 6.45) is 0. The Labute approximate surface area is 116 Å². The smallest absolute Gasteiger partial charge is 0.0711 e. The minimum absolute atomic E-state index is 0.0220. The number of nitrogens with two attached hydrogens (primary N) is 1. The molecule has 1 aromatic carbocycles. The molecule has 1 heterocycles. The molecule has 0 saturated heterocycles. The van der Waals surface area contributed by atoms with E-state index >= 15 is 0 Å². The standard InChI is InChI=1S/C17H24N2/c1-10-7-14-13(12(3)18)9-16(17(4,5)6)19-15(14)8-11(10)2/h7-9,12H,18H2,1-6H3. The fourth-order valence-electron chi connectivity index (χ4n) is 2.27. The van der Waals surface area contributed by atoms with Crippen molar-refractivity contribution in [3.05, 3.63) is 40.6 Å². The van der Waals surface area contributed by atoms with Gasteiger partial charge in [-0.2, -0.15) is 0 Å². The molecule has 0 fully saturated rings. The van der Waals surface area contributed by atoms with Gasteiger partial charge in [0, 0.05) is 22.5 Å². The van der Waals surface area contributed by atoms with Crippen molar-refractivity contribution in [2.75, 3.05) is 0 Å². The van der Waals surface area contributed by atoms with E-state index in [1.807, 2.05) is 6.92 Å². The van der Waals surface area contributed by atoms with Crippen LogP contribution in [-0.4, -0.2) is 4.98 Å². The SMILES string of the molecule is Cc1cc2nc(C(C)(C)C)cc(C(C)N)c2cc1C. The predicted octanol–water partition coefficient (Wildman–Crippen LogP) is 4.17. The Balaban J connectivity index is 2.84. The molecular formula is C17H24N2. The first-order valence-corrected chi connectivity index (χ1v) is 6.88. The fourth-order valence-corrected chi connectivity index (χ4v) is 2.27. The first kappa shape index (κ1) is 14.0. The van der Waals surface area contributed by atoms with Crippen LogP contribution in [0.15, 0.2) is 18.2 Å². The molecule has 1 aromatic heterocycles. The topological polar surface area (TPSA) is 38.9 Å². The second kappa shape index (κ2) is 4.61. The zero-order valence-electron chi connectivity index (χ0n) is 12.8. The monoisotopic (exact) mass is 256 g/mol. The summed E-state index contributed by atoms with van der Waals surface area (Å²) in [5.74, 6) is 0. The number of aromatic nitrogens is 1. The number of hydrogen-bond acceptors (Lipinski definition) is 2. The van der Waals surface area contributed by atoms with Crippen LogP contribution >= 0.6 is 0 Å². The van der Waals surface area contributed by atoms with Crippen molar-refractivity contribution in [3.8, 4) is 0 Å². The number of pyridine rings is 1. The fraction of sp³-hybridized carbons (Fsp3) is 0.471. The van der Waals surface area contributed by atoms with E-state index in [4.69, 9.17) is 10.7 Å². The quantitative estimate of drug-likeness (QED) is 0.831. The van der Waals surface area contributed by atoms with Crippen LogP contribution in [0.1, 0.15) is 56.1 Å². The van der Waals surface area contributed by atoms with E-state index in [-0.39, 0.29) is 11.5 Å². The summed E-state index contributed by atoms with van der Waals surface area (Å²) >= 11 is 0. The van der Waals surface area contributed by atoms with Gasteiger partial charge in [-0.25, -0.2) is 0 Å². The molecule has 0 aliphatic heterocycles. The molecule has 0 radical (unpaired) electrons. The first-order chi connectivity index (χ1) is 8.70. The molecule has 0 aliphatic carbocycles. The molecule has 0 amide bonds. The van der Waals surface area contributed by atoms with E-state index < -0.39 is 0 Å². The second-order valence-electron chi connectivity index (χ2n) is 6.59. The summed E-state index contributed by atoms with van der Waals surface area (Å²) < 4.78 is 0. The molecule has 1 atom stereocenters. The number of aryl methyl sites for hydroxylation is 2. The molecule has 102 valence electrons. The van der Waals surface area contributed by atoms with Gasteiger partial charge in [-0.3, -0.25) is 4.98 Å². The molecule has 2 nitrogen and oxygen atoms in total. The van der Waals surface area contributed by atoms with Crippen LogP contribution in [0.2, 0.25) is 0 Å². The summed E-state index contributed by atoms with van der Waals surface area (Å²) in [6.45, 7) is 12.9. The Kier molecular flexibility index (Phi) is 3.40. The van der Waals surface area contributed by atoms with Crippen LogP contribution in [0.5, 0.6) is 0 Å². The Morgan fingerprint density at radius 2 is 1.63 bits per heavy atom. The van der Waals surface area contributed by atoms with Crippen molar-refractivity contribution in [2.24, 2.45) is 5.73 Å². The Morgan fingerprint density at radius 1 is 1.05 bits per heavy atom. The Hall–Kier alpha value is -1.41. The summed E-state index contributed by atoms with van der Waals surface area (Å²) in [5.41, 5.74) is 12.1. The Bertz CT molecular complexity index is 619. The van der Waals surface area contributed by atoms with Gasteiger partial charge in [0.1, 0.15) is 0 Å². The van der Waals surface area contributed by atoms with Gasteiger partial charge in [0.25, 0.3) is 0 Å². The molecule has 19 heavy (non-hydrogen) atoms. The van der Waals surface area contributed by atoms with Crippen LogP contribution in [0.3, 0.4) is 0 Å². The van der Waals surface area contributed by atoms with Crippen LogP contribution in [-0.2, 0) is 5.41 Å². The van der Waals surface area contributed by atoms with Gasteiger partial charge in [0.15, 0.2) is 0 Å². The van der Waals surface area contributed by atoms with Gasteiger partial charge >= 0.3 is 0 Å². The van der Waals surface area contributed by atoms with Crippen molar-refractivity contribution >= 4 is 10.9 Å². The maximum atomic E-state index is 6.15.